The van der Waals surface area contributed by atoms with Gasteiger partial charge in [0.25, 0.3) is 5.91 Å². The zero-order valence-electron chi connectivity index (χ0n) is 10.8. The minimum atomic E-state index is -0.410. The number of nitrogens with two attached hydrogens (primary N) is 1. The van der Waals surface area contributed by atoms with E-state index in [9.17, 15) is 4.79 Å². The summed E-state index contributed by atoms with van der Waals surface area (Å²) < 4.78 is 5.58. The van der Waals surface area contributed by atoms with Gasteiger partial charge in [0.05, 0.1) is 23.5 Å². The monoisotopic (exact) mass is 296 g/mol. The minimum absolute atomic E-state index is 0. The zero-order chi connectivity index (χ0) is 13.2. The highest BCUT2D eigenvalue weighted by molar-refractivity contribution is 6.01. The minimum Gasteiger partial charge on any atom is -0.364 e. The second kappa shape index (κ2) is 6.21. The average molecular weight is 297 g/mol. The van der Waals surface area contributed by atoms with Crippen molar-refractivity contribution < 1.29 is 9.53 Å². The van der Waals surface area contributed by atoms with Gasteiger partial charge in [-0.05, 0) is 18.9 Å². The highest BCUT2D eigenvalue weighted by Crippen LogP contribution is 2.23. The van der Waals surface area contributed by atoms with E-state index in [0.717, 1.165) is 23.0 Å². The number of benzene rings is 1. The number of hydrogen-bond acceptors (Lipinski definition) is 4. The van der Waals surface area contributed by atoms with Crippen molar-refractivity contribution in [3.8, 4) is 0 Å². The van der Waals surface area contributed by atoms with Gasteiger partial charge < -0.3 is 15.8 Å². The molecule has 2 atom stereocenters. The third-order valence-corrected chi connectivity index (χ3v) is 3.40. The van der Waals surface area contributed by atoms with Crippen LogP contribution in [-0.2, 0) is 9.53 Å². The van der Waals surface area contributed by atoms with Crippen LogP contribution >= 0.6 is 12.4 Å². The van der Waals surface area contributed by atoms with E-state index in [1.807, 2.05) is 18.2 Å². The van der Waals surface area contributed by atoms with E-state index in [4.69, 9.17) is 10.5 Å². The average Bonchev–Trinajstić information content (AvgIpc) is 3.08. The molecule has 2 aromatic rings. The Morgan fingerprint density at radius 1 is 1.50 bits per heavy atom. The summed E-state index contributed by atoms with van der Waals surface area (Å²) in [5.41, 5.74) is 7.08. The number of nitrogens with zero attached hydrogens (tertiary/aromatic N) is 1. The number of H-pyrrole nitrogens is 1. The summed E-state index contributed by atoms with van der Waals surface area (Å²) in [5, 5.41) is 10.7. The number of carbonyl (C=O) groups excluding carboxylic acids is 1. The van der Waals surface area contributed by atoms with Crippen LogP contribution in [0.3, 0.4) is 0 Å². The first-order chi connectivity index (χ1) is 9.28. The Kier molecular flexibility index (Phi) is 4.59. The van der Waals surface area contributed by atoms with Crippen molar-refractivity contribution >= 4 is 34.9 Å². The molecule has 7 heteroatoms. The van der Waals surface area contributed by atoms with Crippen LogP contribution in [0.1, 0.15) is 12.8 Å². The van der Waals surface area contributed by atoms with E-state index < -0.39 is 6.10 Å². The van der Waals surface area contributed by atoms with Gasteiger partial charge in [0.2, 0.25) is 0 Å². The number of halogens is 1. The number of ether oxygens (including phenoxy) is 1. The smallest absolute Gasteiger partial charge is 0.253 e. The lowest BCUT2D eigenvalue weighted by atomic mass is 10.1. The van der Waals surface area contributed by atoms with Crippen LogP contribution in [0.5, 0.6) is 0 Å². The Balaban J connectivity index is 0.00000147. The molecule has 4 N–H and O–H groups in total. The van der Waals surface area contributed by atoms with Gasteiger partial charge in [-0.1, -0.05) is 12.1 Å². The van der Waals surface area contributed by atoms with Crippen molar-refractivity contribution in [2.45, 2.75) is 25.0 Å². The third-order valence-electron chi connectivity index (χ3n) is 3.40. The Labute approximate surface area is 122 Å². The molecule has 0 bridgehead atoms. The van der Waals surface area contributed by atoms with E-state index in [0.29, 0.717) is 13.0 Å². The quantitative estimate of drug-likeness (QED) is 0.799. The summed E-state index contributed by atoms with van der Waals surface area (Å²) in [4.78, 5) is 12.1. The van der Waals surface area contributed by atoms with Crippen LogP contribution in [0.15, 0.2) is 24.4 Å². The SMILES string of the molecule is Cl.NC[C@H]1CC[C@@H](C(=O)Nc2cccc3cn[nH]c23)O1. The maximum absolute atomic E-state index is 12.1. The fourth-order valence-corrected chi connectivity index (χ4v) is 2.36. The van der Waals surface area contributed by atoms with Crippen molar-refractivity contribution in [1.29, 1.82) is 0 Å². The molecule has 1 aliphatic rings. The molecule has 0 radical (unpaired) electrons. The van der Waals surface area contributed by atoms with Crippen LogP contribution < -0.4 is 11.1 Å². The van der Waals surface area contributed by atoms with Crippen molar-refractivity contribution in [2.75, 3.05) is 11.9 Å². The number of nitrogens with one attached hydrogen (secondary N) is 2. The van der Waals surface area contributed by atoms with Crippen LogP contribution in [0.25, 0.3) is 10.9 Å². The number of aromatic nitrogens is 2. The van der Waals surface area contributed by atoms with E-state index in [-0.39, 0.29) is 24.4 Å². The molecule has 0 unspecified atom stereocenters. The molecule has 1 aromatic carbocycles. The first-order valence-electron chi connectivity index (χ1n) is 6.36. The predicted octanol–water partition coefficient (Wildman–Crippen LogP) is 1.43. The van der Waals surface area contributed by atoms with Gasteiger partial charge >= 0.3 is 0 Å². The van der Waals surface area contributed by atoms with Gasteiger partial charge in [0.15, 0.2) is 0 Å². The normalized spacial score (nSPS) is 21.6. The second-order valence-corrected chi connectivity index (χ2v) is 4.69. The highest BCUT2D eigenvalue weighted by atomic mass is 35.5. The molecule has 1 saturated heterocycles. The van der Waals surface area contributed by atoms with Crippen LogP contribution in [-0.4, -0.2) is 34.9 Å². The van der Waals surface area contributed by atoms with E-state index in [1.165, 1.54) is 0 Å². The maximum Gasteiger partial charge on any atom is 0.253 e. The van der Waals surface area contributed by atoms with E-state index in [2.05, 4.69) is 15.5 Å². The fraction of sp³-hybridized carbons (Fsp3) is 0.385. The molecule has 20 heavy (non-hydrogen) atoms. The topological polar surface area (TPSA) is 93.0 Å². The largest absolute Gasteiger partial charge is 0.364 e. The lowest BCUT2D eigenvalue weighted by Crippen LogP contribution is -2.29. The van der Waals surface area contributed by atoms with Gasteiger partial charge in [-0.3, -0.25) is 9.89 Å². The molecule has 0 saturated carbocycles. The van der Waals surface area contributed by atoms with Crippen LogP contribution in [0, 0.1) is 0 Å². The summed E-state index contributed by atoms with van der Waals surface area (Å²) in [7, 11) is 0. The molecule has 0 spiro atoms. The number of para-hydroxylation sites is 1. The molecular formula is C13H17ClN4O2. The lowest BCUT2D eigenvalue weighted by Gasteiger charge is -2.13. The molecule has 0 aliphatic carbocycles. The standard InChI is InChI=1S/C13H16N4O2.ClH/c14-6-9-4-5-11(19-9)13(18)16-10-3-1-2-8-7-15-17-12(8)10;/h1-3,7,9,11H,4-6,14H2,(H,15,17)(H,16,18);1H/t9-,11+;/m1./s1. The molecule has 2 heterocycles. The molecule has 1 aliphatic heterocycles. The number of fused-ring (bicyclic) bond motifs is 1. The fourth-order valence-electron chi connectivity index (χ4n) is 2.36. The Morgan fingerprint density at radius 3 is 3.10 bits per heavy atom. The molecular weight excluding hydrogens is 280 g/mol. The lowest BCUT2D eigenvalue weighted by molar-refractivity contribution is -0.126. The summed E-state index contributed by atoms with van der Waals surface area (Å²) in [6.07, 6.45) is 2.86. The van der Waals surface area contributed by atoms with Gasteiger partial charge in [-0.25, -0.2) is 0 Å². The van der Waals surface area contributed by atoms with Crippen molar-refractivity contribution in [3.63, 3.8) is 0 Å². The summed E-state index contributed by atoms with van der Waals surface area (Å²) in [6.45, 7) is 0.458. The Hall–Kier alpha value is -1.63. The molecule has 108 valence electrons. The maximum atomic E-state index is 12.1. The summed E-state index contributed by atoms with van der Waals surface area (Å²) >= 11 is 0. The summed E-state index contributed by atoms with van der Waals surface area (Å²) in [6, 6.07) is 5.66. The van der Waals surface area contributed by atoms with Crippen molar-refractivity contribution in [3.05, 3.63) is 24.4 Å². The second-order valence-electron chi connectivity index (χ2n) is 4.69. The molecule has 3 rings (SSSR count). The molecule has 1 aromatic heterocycles. The first-order valence-corrected chi connectivity index (χ1v) is 6.36. The number of anilines is 1. The van der Waals surface area contributed by atoms with Gasteiger partial charge in [-0.15, -0.1) is 12.4 Å². The van der Waals surface area contributed by atoms with Gasteiger partial charge in [0.1, 0.15) is 6.10 Å². The predicted molar refractivity (Wildman–Crippen MR) is 78.9 cm³/mol. The van der Waals surface area contributed by atoms with E-state index in [1.54, 1.807) is 6.20 Å². The Bertz CT molecular complexity index is 601. The van der Waals surface area contributed by atoms with Crippen LogP contribution in [0.2, 0.25) is 0 Å². The van der Waals surface area contributed by atoms with Gasteiger partial charge in [-0.2, -0.15) is 5.10 Å². The summed E-state index contributed by atoms with van der Waals surface area (Å²) in [5.74, 6) is -0.127. The zero-order valence-corrected chi connectivity index (χ0v) is 11.7. The highest BCUT2D eigenvalue weighted by Gasteiger charge is 2.30. The Morgan fingerprint density at radius 2 is 2.35 bits per heavy atom. The number of aromatic amines is 1. The molecule has 1 amide bonds. The third kappa shape index (κ3) is 2.77. The van der Waals surface area contributed by atoms with Crippen molar-refractivity contribution in [2.24, 2.45) is 5.73 Å². The molecule has 1 fully saturated rings. The number of carbonyl (C=O) groups is 1. The number of hydrogen-bond donors (Lipinski definition) is 3. The first kappa shape index (κ1) is 14.8. The van der Waals surface area contributed by atoms with E-state index >= 15 is 0 Å². The van der Waals surface area contributed by atoms with Crippen molar-refractivity contribution in [1.82, 2.24) is 10.2 Å². The molecule has 6 nitrogen and oxygen atoms in total. The number of rotatable bonds is 3. The number of amides is 1. The van der Waals surface area contributed by atoms with Gasteiger partial charge in [0, 0.05) is 11.9 Å². The van der Waals surface area contributed by atoms with Crippen LogP contribution in [0.4, 0.5) is 5.69 Å².